The number of rotatable bonds is 13. The van der Waals surface area contributed by atoms with Crippen LogP contribution in [0.4, 0.5) is 0 Å². The zero-order valence-electron chi connectivity index (χ0n) is 24.0. The SMILES string of the molecule is COc1ccc(-c2ccc(OC(C)C)cc2CCc2ccc(OC(C)C)c(OCc3ccccc3)c2)c(C=O)c1. The molecule has 0 saturated carbocycles. The molecule has 4 aromatic rings. The van der Waals surface area contributed by atoms with E-state index < -0.39 is 0 Å². The molecule has 0 N–H and O–H groups in total. The van der Waals surface area contributed by atoms with E-state index in [1.807, 2.05) is 88.4 Å². The normalized spacial score (nSPS) is 11.0. The summed E-state index contributed by atoms with van der Waals surface area (Å²) in [6.45, 7) is 8.51. The Bertz CT molecular complexity index is 1410. The Hall–Kier alpha value is -4.25. The molecular formula is C35H38O5. The smallest absolute Gasteiger partial charge is 0.161 e. The fourth-order valence-corrected chi connectivity index (χ4v) is 4.58. The standard InChI is InChI=1S/C35H38O5/c1-24(2)39-31-15-17-32(33-16-14-30(37-5)21-29(33)22-36)28(20-31)13-11-26-12-18-34(40-25(3)4)35(19-26)38-23-27-9-7-6-8-10-27/h6-10,12,14-22,24-25H,11,13,23H2,1-5H3. The minimum absolute atomic E-state index is 0.0349. The Labute approximate surface area is 237 Å². The lowest BCUT2D eigenvalue weighted by molar-refractivity contribution is 0.112. The zero-order valence-corrected chi connectivity index (χ0v) is 24.0. The molecule has 0 heterocycles. The van der Waals surface area contributed by atoms with Gasteiger partial charge in [-0.2, -0.15) is 0 Å². The number of aldehydes is 1. The molecule has 40 heavy (non-hydrogen) atoms. The molecule has 4 rings (SSSR count). The van der Waals surface area contributed by atoms with Crippen molar-refractivity contribution in [2.45, 2.75) is 59.4 Å². The third-order valence-corrected chi connectivity index (χ3v) is 6.42. The lowest BCUT2D eigenvalue weighted by atomic mass is 9.92. The fourth-order valence-electron chi connectivity index (χ4n) is 4.58. The number of carbonyl (C=O) groups excluding carboxylic acids is 1. The zero-order chi connectivity index (χ0) is 28.5. The number of hydrogen-bond acceptors (Lipinski definition) is 5. The van der Waals surface area contributed by atoms with Gasteiger partial charge in [-0.05, 0) is 111 Å². The summed E-state index contributed by atoms with van der Waals surface area (Å²) in [7, 11) is 1.60. The van der Waals surface area contributed by atoms with Crippen molar-refractivity contribution in [1.29, 1.82) is 0 Å². The number of methoxy groups -OCH3 is 1. The predicted molar refractivity (Wildman–Crippen MR) is 160 cm³/mol. The van der Waals surface area contributed by atoms with Crippen molar-refractivity contribution in [2.75, 3.05) is 7.11 Å². The number of benzene rings is 4. The predicted octanol–water partition coefficient (Wildman–Crippen LogP) is 8.11. The minimum Gasteiger partial charge on any atom is -0.497 e. The lowest BCUT2D eigenvalue weighted by Crippen LogP contribution is -2.08. The fraction of sp³-hybridized carbons (Fsp3) is 0.286. The van der Waals surface area contributed by atoms with Gasteiger partial charge in [0.25, 0.3) is 0 Å². The first-order valence-corrected chi connectivity index (χ1v) is 13.8. The van der Waals surface area contributed by atoms with Crippen LogP contribution >= 0.6 is 0 Å². The van der Waals surface area contributed by atoms with E-state index in [0.29, 0.717) is 17.9 Å². The topological polar surface area (TPSA) is 54.0 Å². The first-order chi connectivity index (χ1) is 19.4. The largest absolute Gasteiger partial charge is 0.497 e. The van der Waals surface area contributed by atoms with E-state index in [-0.39, 0.29) is 12.2 Å². The Morgan fingerprint density at radius 1 is 0.675 bits per heavy atom. The van der Waals surface area contributed by atoms with Gasteiger partial charge in [-0.25, -0.2) is 0 Å². The van der Waals surface area contributed by atoms with Crippen molar-refractivity contribution in [2.24, 2.45) is 0 Å². The van der Waals surface area contributed by atoms with E-state index in [4.69, 9.17) is 18.9 Å². The second-order valence-corrected chi connectivity index (χ2v) is 10.3. The van der Waals surface area contributed by atoms with Crippen LogP contribution in [0.15, 0.2) is 84.9 Å². The Morgan fingerprint density at radius 3 is 2.10 bits per heavy atom. The summed E-state index contributed by atoms with van der Waals surface area (Å²) in [5.74, 6) is 2.92. The van der Waals surface area contributed by atoms with Gasteiger partial charge < -0.3 is 18.9 Å². The molecule has 0 bridgehead atoms. The summed E-state index contributed by atoms with van der Waals surface area (Å²) in [6.07, 6.45) is 2.49. The van der Waals surface area contributed by atoms with Crippen LogP contribution < -0.4 is 18.9 Å². The summed E-state index contributed by atoms with van der Waals surface area (Å²) in [5.41, 5.74) is 5.78. The van der Waals surface area contributed by atoms with E-state index in [1.54, 1.807) is 13.2 Å². The second-order valence-electron chi connectivity index (χ2n) is 10.3. The van der Waals surface area contributed by atoms with Crippen molar-refractivity contribution >= 4 is 6.29 Å². The summed E-state index contributed by atoms with van der Waals surface area (Å²) >= 11 is 0. The van der Waals surface area contributed by atoms with Crippen LogP contribution in [0.25, 0.3) is 11.1 Å². The minimum atomic E-state index is 0.0349. The van der Waals surface area contributed by atoms with Gasteiger partial charge in [0, 0.05) is 5.56 Å². The Kier molecular flexibility index (Phi) is 9.85. The van der Waals surface area contributed by atoms with Crippen molar-refractivity contribution in [3.05, 3.63) is 107 Å². The van der Waals surface area contributed by atoms with Gasteiger partial charge in [0.15, 0.2) is 17.8 Å². The highest BCUT2D eigenvalue weighted by Crippen LogP contribution is 2.34. The number of carbonyl (C=O) groups is 1. The van der Waals surface area contributed by atoms with E-state index in [9.17, 15) is 4.79 Å². The second kappa shape index (κ2) is 13.7. The summed E-state index contributed by atoms with van der Waals surface area (Å²) < 4.78 is 23.6. The molecule has 0 saturated heterocycles. The van der Waals surface area contributed by atoms with Gasteiger partial charge >= 0.3 is 0 Å². The van der Waals surface area contributed by atoms with Crippen LogP contribution in [-0.2, 0) is 19.4 Å². The molecule has 5 heteroatoms. The number of aryl methyl sites for hydroxylation is 2. The average molecular weight is 539 g/mol. The van der Waals surface area contributed by atoms with Gasteiger partial charge in [-0.1, -0.05) is 42.5 Å². The maximum absolute atomic E-state index is 12.0. The molecule has 0 spiro atoms. The highest BCUT2D eigenvalue weighted by Gasteiger charge is 2.15. The third-order valence-electron chi connectivity index (χ3n) is 6.42. The van der Waals surface area contributed by atoms with Crippen molar-refractivity contribution in [3.63, 3.8) is 0 Å². The van der Waals surface area contributed by atoms with E-state index in [2.05, 4.69) is 18.2 Å². The molecule has 5 nitrogen and oxygen atoms in total. The Balaban J connectivity index is 1.63. The summed E-state index contributed by atoms with van der Waals surface area (Å²) in [6, 6.07) is 27.9. The van der Waals surface area contributed by atoms with Crippen LogP contribution in [0.3, 0.4) is 0 Å². The molecule has 4 aromatic carbocycles. The van der Waals surface area contributed by atoms with Gasteiger partial charge in [-0.15, -0.1) is 0 Å². The maximum Gasteiger partial charge on any atom is 0.161 e. The molecule has 0 aliphatic rings. The molecule has 0 amide bonds. The van der Waals surface area contributed by atoms with Gasteiger partial charge in [0.05, 0.1) is 19.3 Å². The third kappa shape index (κ3) is 7.66. The highest BCUT2D eigenvalue weighted by atomic mass is 16.5. The first kappa shape index (κ1) is 28.8. The van der Waals surface area contributed by atoms with Crippen LogP contribution in [-0.4, -0.2) is 25.6 Å². The molecule has 0 aromatic heterocycles. The van der Waals surface area contributed by atoms with Crippen LogP contribution in [0.5, 0.6) is 23.0 Å². The van der Waals surface area contributed by atoms with Crippen molar-refractivity contribution in [1.82, 2.24) is 0 Å². The monoisotopic (exact) mass is 538 g/mol. The molecule has 208 valence electrons. The highest BCUT2D eigenvalue weighted by molar-refractivity contribution is 5.89. The molecule has 0 aliphatic heterocycles. The maximum atomic E-state index is 12.0. The summed E-state index contributed by atoms with van der Waals surface area (Å²) in [5, 5.41) is 0. The number of ether oxygens (including phenoxy) is 4. The average Bonchev–Trinajstić information content (AvgIpc) is 2.95. The van der Waals surface area contributed by atoms with Crippen molar-refractivity contribution in [3.8, 4) is 34.1 Å². The van der Waals surface area contributed by atoms with Gasteiger partial charge in [0.2, 0.25) is 0 Å². The van der Waals surface area contributed by atoms with E-state index in [1.165, 1.54) is 0 Å². The van der Waals surface area contributed by atoms with E-state index in [0.717, 1.165) is 64.2 Å². The van der Waals surface area contributed by atoms with E-state index >= 15 is 0 Å². The van der Waals surface area contributed by atoms with Gasteiger partial charge in [0.1, 0.15) is 18.1 Å². The molecule has 0 atom stereocenters. The summed E-state index contributed by atoms with van der Waals surface area (Å²) in [4.78, 5) is 12.0. The molecule has 0 aliphatic carbocycles. The molecule has 0 unspecified atom stereocenters. The molecule has 0 radical (unpaired) electrons. The number of hydrogen-bond donors (Lipinski definition) is 0. The lowest BCUT2D eigenvalue weighted by Gasteiger charge is -2.18. The molecular weight excluding hydrogens is 500 g/mol. The Morgan fingerprint density at radius 2 is 1.40 bits per heavy atom. The van der Waals surface area contributed by atoms with Gasteiger partial charge in [-0.3, -0.25) is 4.79 Å². The molecule has 0 fully saturated rings. The van der Waals surface area contributed by atoms with Crippen LogP contribution in [0.2, 0.25) is 0 Å². The van der Waals surface area contributed by atoms with Crippen LogP contribution in [0.1, 0.15) is 54.7 Å². The quantitative estimate of drug-likeness (QED) is 0.161. The van der Waals surface area contributed by atoms with Crippen LogP contribution in [0, 0.1) is 0 Å². The van der Waals surface area contributed by atoms with Crippen molar-refractivity contribution < 1.29 is 23.7 Å². The first-order valence-electron chi connectivity index (χ1n) is 13.8.